The summed E-state index contributed by atoms with van der Waals surface area (Å²) >= 11 is 0. The Bertz CT molecular complexity index is 307. The molecule has 17 heavy (non-hydrogen) atoms. The lowest BCUT2D eigenvalue weighted by atomic mass is 9.87. The Hall–Kier alpha value is -0.210. The summed E-state index contributed by atoms with van der Waals surface area (Å²) in [6, 6.07) is 0. The molecule has 7 heteroatoms. The van der Waals surface area contributed by atoms with Crippen molar-refractivity contribution in [1.82, 2.24) is 9.44 Å². The number of hydrogen-bond donors (Lipinski definition) is 3. The van der Waals surface area contributed by atoms with E-state index in [4.69, 9.17) is 4.74 Å². The minimum atomic E-state index is -3.43. The summed E-state index contributed by atoms with van der Waals surface area (Å²) in [5.74, 6) is 0.234. The summed E-state index contributed by atoms with van der Waals surface area (Å²) in [7, 11) is -1.91. The minimum absolute atomic E-state index is 0.234. The third kappa shape index (κ3) is 6.32. The summed E-state index contributed by atoms with van der Waals surface area (Å²) in [4.78, 5) is 0. The molecule has 0 saturated heterocycles. The highest BCUT2D eigenvalue weighted by atomic mass is 32.2. The van der Waals surface area contributed by atoms with E-state index in [9.17, 15) is 13.5 Å². The fourth-order valence-electron chi connectivity index (χ4n) is 2.00. The third-order valence-electron chi connectivity index (χ3n) is 2.92. The zero-order valence-corrected chi connectivity index (χ0v) is 11.0. The van der Waals surface area contributed by atoms with Crippen molar-refractivity contribution in [3.8, 4) is 0 Å². The number of rotatable bonds is 7. The molecule has 1 aliphatic carbocycles. The minimum Gasteiger partial charge on any atom is -0.393 e. The Morgan fingerprint density at radius 3 is 2.76 bits per heavy atom. The Morgan fingerprint density at radius 1 is 1.35 bits per heavy atom. The summed E-state index contributed by atoms with van der Waals surface area (Å²) in [5, 5.41) is 9.47. The average molecular weight is 266 g/mol. The third-order valence-corrected chi connectivity index (χ3v) is 4.05. The van der Waals surface area contributed by atoms with Crippen molar-refractivity contribution in [2.75, 3.05) is 26.8 Å². The molecule has 1 fully saturated rings. The molecule has 0 radical (unpaired) electrons. The van der Waals surface area contributed by atoms with Gasteiger partial charge in [0.05, 0.1) is 12.7 Å². The number of aliphatic hydroxyl groups excluding tert-OH is 1. The number of nitrogens with one attached hydrogen (secondary N) is 2. The van der Waals surface area contributed by atoms with E-state index in [1.807, 2.05) is 0 Å². The highest BCUT2D eigenvalue weighted by molar-refractivity contribution is 7.87. The fraction of sp³-hybridized carbons (Fsp3) is 1.00. The molecule has 3 N–H and O–H groups in total. The topological polar surface area (TPSA) is 87.7 Å². The molecule has 0 aromatic heterocycles. The normalized spacial score (nSPS) is 26.0. The van der Waals surface area contributed by atoms with Gasteiger partial charge in [-0.2, -0.15) is 13.1 Å². The molecule has 1 saturated carbocycles. The van der Waals surface area contributed by atoms with E-state index in [2.05, 4.69) is 9.44 Å². The summed E-state index contributed by atoms with van der Waals surface area (Å²) in [6.07, 6.45) is 3.16. The Balaban J connectivity index is 2.23. The molecule has 6 nitrogen and oxygen atoms in total. The van der Waals surface area contributed by atoms with Crippen molar-refractivity contribution in [2.45, 2.75) is 31.8 Å². The van der Waals surface area contributed by atoms with Crippen LogP contribution in [0.15, 0.2) is 0 Å². The largest absolute Gasteiger partial charge is 0.393 e. The number of methoxy groups -OCH3 is 1. The van der Waals surface area contributed by atoms with Gasteiger partial charge >= 0.3 is 0 Å². The van der Waals surface area contributed by atoms with Gasteiger partial charge in [0.2, 0.25) is 0 Å². The van der Waals surface area contributed by atoms with E-state index in [1.165, 1.54) is 7.11 Å². The number of hydrogen-bond acceptors (Lipinski definition) is 4. The highest BCUT2D eigenvalue weighted by Gasteiger charge is 2.21. The van der Waals surface area contributed by atoms with Gasteiger partial charge in [0.25, 0.3) is 10.2 Å². The van der Waals surface area contributed by atoms with Crippen LogP contribution in [0.1, 0.15) is 25.7 Å². The van der Waals surface area contributed by atoms with Crippen LogP contribution in [0.3, 0.4) is 0 Å². The van der Waals surface area contributed by atoms with E-state index >= 15 is 0 Å². The van der Waals surface area contributed by atoms with Gasteiger partial charge in [-0.3, -0.25) is 0 Å². The standard InChI is InChI=1S/C10H22N2O4S/c1-16-6-5-11-17(14,15)12-8-9-3-2-4-10(13)7-9/h9-13H,2-8H2,1H3. The zero-order chi connectivity index (χ0) is 12.7. The Morgan fingerprint density at radius 2 is 2.12 bits per heavy atom. The van der Waals surface area contributed by atoms with Gasteiger partial charge in [0.15, 0.2) is 0 Å². The Labute approximate surface area is 103 Å². The van der Waals surface area contributed by atoms with Crippen molar-refractivity contribution in [3.05, 3.63) is 0 Å². The predicted octanol–water partition coefficient (Wildman–Crippen LogP) is -0.392. The van der Waals surface area contributed by atoms with Gasteiger partial charge in [0, 0.05) is 20.2 Å². The smallest absolute Gasteiger partial charge is 0.276 e. The van der Waals surface area contributed by atoms with E-state index in [0.29, 0.717) is 19.6 Å². The SMILES string of the molecule is COCCNS(=O)(=O)NCC1CCCC(O)C1. The van der Waals surface area contributed by atoms with Crippen LogP contribution in [-0.2, 0) is 14.9 Å². The zero-order valence-electron chi connectivity index (χ0n) is 10.2. The molecule has 0 aromatic carbocycles. The maximum Gasteiger partial charge on any atom is 0.276 e. The molecule has 0 bridgehead atoms. The molecule has 2 atom stereocenters. The maximum atomic E-state index is 11.5. The Kier molecular flexibility index (Phi) is 6.35. The molecule has 2 unspecified atom stereocenters. The molecule has 0 aliphatic heterocycles. The van der Waals surface area contributed by atoms with Gasteiger partial charge in [-0.15, -0.1) is 0 Å². The van der Waals surface area contributed by atoms with Crippen molar-refractivity contribution in [2.24, 2.45) is 5.92 Å². The predicted molar refractivity (Wildman–Crippen MR) is 64.8 cm³/mol. The van der Waals surface area contributed by atoms with Crippen molar-refractivity contribution >= 4 is 10.2 Å². The van der Waals surface area contributed by atoms with Crippen LogP contribution in [-0.4, -0.2) is 46.4 Å². The van der Waals surface area contributed by atoms with E-state index < -0.39 is 10.2 Å². The van der Waals surface area contributed by atoms with Crippen LogP contribution in [0.25, 0.3) is 0 Å². The van der Waals surface area contributed by atoms with Crippen LogP contribution < -0.4 is 9.44 Å². The van der Waals surface area contributed by atoms with Crippen LogP contribution >= 0.6 is 0 Å². The molecule has 1 aliphatic rings. The molecule has 102 valence electrons. The van der Waals surface area contributed by atoms with Crippen LogP contribution in [0.4, 0.5) is 0 Å². The van der Waals surface area contributed by atoms with Crippen LogP contribution in [0.2, 0.25) is 0 Å². The van der Waals surface area contributed by atoms with Gasteiger partial charge in [0.1, 0.15) is 0 Å². The summed E-state index contributed by atoms with van der Waals surface area (Å²) in [6.45, 7) is 1.00. The second-order valence-electron chi connectivity index (χ2n) is 4.43. The number of aliphatic hydroxyl groups is 1. The first-order chi connectivity index (χ1) is 8.03. The lowest BCUT2D eigenvalue weighted by molar-refractivity contribution is 0.102. The molecular formula is C10H22N2O4S. The van der Waals surface area contributed by atoms with Gasteiger partial charge in [-0.1, -0.05) is 6.42 Å². The molecule has 0 heterocycles. The monoisotopic (exact) mass is 266 g/mol. The van der Waals surface area contributed by atoms with E-state index in [-0.39, 0.29) is 18.6 Å². The average Bonchev–Trinajstić information content (AvgIpc) is 2.27. The molecular weight excluding hydrogens is 244 g/mol. The van der Waals surface area contributed by atoms with Gasteiger partial charge < -0.3 is 9.84 Å². The van der Waals surface area contributed by atoms with Crippen LogP contribution in [0.5, 0.6) is 0 Å². The molecule has 0 spiro atoms. The summed E-state index contributed by atoms with van der Waals surface area (Å²) in [5.41, 5.74) is 0. The highest BCUT2D eigenvalue weighted by Crippen LogP contribution is 2.23. The maximum absolute atomic E-state index is 11.5. The van der Waals surface area contributed by atoms with E-state index in [0.717, 1.165) is 19.3 Å². The van der Waals surface area contributed by atoms with Crippen LogP contribution in [0, 0.1) is 5.92 Å². The summed E-state index contributed by atoms with van der Waals surface area (Å²) < 4.78 is 32.6. The lowest BCUT2D eigenvalue weighted by Crippen LogP contribution is -2.41. The molecule has 0 aromatic rings. The first-order valence-corrected chi connectivity index (χ1v) is 7.43. The van der Waals surface area contributed by atoms with Gasteiger partial charge in [-0.25, -0.2) is 4.72 Å². The second kappa shape index (κ2) is 7.27. The van der Waals surface area contributed by atoms with Crippen molar-refractivity contribution < 1.29 is 18.3 Å². The van der Waals surface area contributed by atoms with E-state index in [1.54, 1.807) is 0 Å². The number of ether oxygens (including phenoxy) is 1. The fourth-order valence-corrected chi connectivity index (χ4v) is 2.91. The lowest BCUT2D eigenvalue weighted by Gasteiger charge is -2.25. The first kappa shape index (κ1) is 14.8. The van der Waals surface area contributed by atoms with Crippen molar-refractivity contribution in [1.29, 1.82) is 0 Å². The van der Waals surface area contributed by atoms with Gasteiger partial charge in [-0.05, 0) is 25.2 Å². The quantitative estimate of drug-likeness (QED) is 0.548. The first-order valence-electron chi connectivity index (χ1n) is 5.95. The van der Waals surface area contributed by atoms with Crippen molar-refractivity contribution in [3.63, 3.8) is 0 Å². The second-order valence-corrected chi connectivity index (χ2v) is 6.01. The molecule has 0 amide bonds. The molecule has 1 rings (SSSR count).